The number of aromatic nitrogens is 4. The predicted octanol–water partition coefficient (Wildman–Crippen LogP) is 2.51. The Balaban J connectivity index is 2.02. The van der Waals surface area contributed by atoms with E-state index in [1.807, 2.05) is 0 Å². The summed E-state index contributed by atoms with van der Waals surface area (Å²) in [5.74, 6) is 2.13. The van der Waals surface area contributed by atoms with E-state index in [0.29, 0.717) is 0 Å². The molecule has 2 rings (SSSR count). The molecule has 20 heavy (non-hydrogen) atoms. The third-order valence-corrected chi connectivity index (χ3v) is 3.58. The van der Waals surface area contributed by atoms with Gasteiger partial charge in [0.05, 0.1) is 11.4 Å². The predicted molar refractivity (Wildman–Crippen MR) is 80.6 cm³/mol. The molecule has 0 atom stereocenters. The smallest absolute Gasteiger partial charge is 0.106 e. The molecule has 110 valence electrons. The monoisotopic (exact) mass is 275 g/mol. The molecule has 2 aromatic heterocycles. The van der Waals surface area contributed by atoms with Crippen molar-refractivity contribution in [2.45, 2.75) is 53.6 Å². The van der Waals surface area contributed by atoms with Crippen LogP contribution in [0.15, 0.2) is 0 Å². The molecule has 0 unspecified atom stereocenters. The molecule has 2 heterocycles. The van der Waals surface area contributed by atoms with Gasteiger partial charge < -0.3 is 9.97 Å². The fraction of sp³-hybridized carbons (Fsp3) is 0.600. The van der Waals surface area contributed by atoms with Crippen molar-refractivity contribution in [2.75, 3.05) is 7.05 Å². The van der Waals surface area contributed by atoms with Crippen LogP contribution in [0, 0.1) is 13.8 Å². The van der Waals surface area contributed by atoms with Crippen molar-refractivity contribution in [3.8, 4) is 0 Å². The molecule has 0 bridgehead atoms. The van der Waals surface area contributed by atoms with Gasteiger partial charge in [-0.15, -0.1) is 0 Å². The molecule has 0 radical (unpaired) electrons. The van der Waals surface area contributed by atoms with Crippen LogP contribution in [0.1, 0.15) is 48.3 Å². The van der Waals surface area contributed by atoms with Crippen LogP contribution in [0.2, 0.25) is 0 Å². The Kier molecular flexibility index (Phi) is 4.60. The zero-order valence-corrected chi connectivity index (χ0v) is 13.2. The molecule has 5 heteroatoms. The normalized spacial score (nSPS) is 11.5. The standard InChI is InChI=1S/C15H25N5/c1-6-14-16-10(3)12(18-14)8-20(5)9-13-11(4)17-15(7-2)19-13/h6-9H2,1-5H3,(H,16,18)(H,17,19). The van der Waals surface area contributed by atoms with E-state index in [1.54, 1.807) is 0 Å². The molecular formula is C15H25N5. The van der Waals surface area contributed by atoms with Gasteiger partial charge in [0.1, 0.15) is 11.6 Å². The first kappa shape index (κ1) is 14.8. The number of aryl methyl sites for hydroxylation is 4. The fourth-order valence-corrected chi connectivity index (χ4v) is 2.34. The first-order chi connectivity index (χ1) is 9.53. The van der Waals surface area contributed by atoms with Gasteiger partial charge in [-0.05, 0) is 20.9 Å². The lowest BCUT2D eigenvalue weighted by Gasteiger charge is -2.14. The molecule has 0 fully saturated rings. The maximum absolute atomic E-state index is 4.63. The summed E-state index contributed by atoms with van der Waals surface area (Å²) in [5, 5.41) is 0. The second kappa shape index (κ2) is 6.22. The van der Waals surface area contributed by atoms with Crippen LogP contribution in [-0.4, -0.2) is 31.9 Å². The summed E-state index contributed by atoms with van der Waals surface area (Å²) < 4.78 is 0. The van der Waals surface area contributed by atoms with E-state index in [2.05, 4.69) is 59.6 Å². The molecule has 0 amide bonds. The summed E-state index contributed by atoms with van der Waals surface area (Å²) >= 11 is 0. The van der Waals surface area contributed by atoms with Gasteiger partial charge in [0, 0.05) is 37.3 Å². The number of H-pyrrole nitrogens is 2. The van der Waals surface area contributed by atoms with Crippen molar-refractivity contribution in [1.82, 2.24) is 24.8 Å². The summed E-state index contributed by atoms with van der Waals surface area (Å²) in [6, 6.07) is 0. The number of imidazole rings is 2. The summed E-state index contributed by atoms with van der Waals surface area (Å²) in [5.41, 5.74) is 4.60. The minimum Gasteiger partial charge on any atom is -0.346 e. The maximum atomic E-state index is 4.63. The molecule has 0 aliphatic heterocycles. The van der Waals surface area contributed by atoms with Crippen molar-refractivity contribution < 1.29 is 0 Å². The van der Waals surface area contributed by atoms with E-state index in [9.17, 15) is 0 Å². The highest BCUT2D eigenvalue weighted by Gasteiger charge is 2.12. The van der Waals surface area contributed by atoms with Crippen molar-refractivity contribution in [3.05, 3.63) is 34.4 Å². The van der Waals surface area contributed by atoms with Crippen molar-refractivity contribution >= 4 is 0 Å². The SMILES string of the molecule is CCc1nc(CN(C)Cc2nc(CC)[nH]c2C)c(C)[nH]1. The number of hydrogen-bond acceptors (Lipinski definition) is 3. The van der Waals surface area contributed by atoms with Gasteiger partial charge >= 0.3 is 0 Å². The zero-order valence-electron chi connectivity index (χ0n) is 13.2. The van der Waals surface area contributed by atoms with E-state index >= 15 is 0 Å². The van der Waals surface area contributed by atoms with Gasteiger partial charge in [0.15, 0.2) is 0 Å². The average Bonchev–Trinajstić information content (AvgIpc) is 2.94. The summed E-state index contributed by atoms with van der Waals surface area (Å²) in [4.78, 5) is 18.2. The largest absolute Gasteiger partial charge is 0.346 e. The number of nitrogens with one attached hydrogen (secondary N) is 2. The summed E-state index contributed by atoms with van der Waals surface area (Å²) in [7, 11) is 2.11. The summed E-state index contributed by atoms with van der Waals surface area (Å²) in [6.07, 6.45) is 1.89. The van der Waals surface area contributed by atoms with E-state index in [1.165, 1.54) is 11.4 Å². The summed E-state index contributed by atoms with van der Waals surface area (Å²) in [6.45, 7) is 10.1. The van der Waals surface area contributed by atoms with Gasteiger partial charge in [-0.2, -0.15) is 0 Å². The molecule has 2 aromatic rings. The molecular weight excluding hydrogens is 250 g/mol. The highest BCUT2D eigenvalue weighted by Crippen LogP contribution is 2.12. The second-order valence-corrected chi connectivity index (χ2v) is 5.39. The van der Waals surface area contributed by atoms with Gasteiger partial charge in [-0.3, -0.25) is 4.90 Å². The fourth-order valence-electron chi connectivity index (χ4n) is 2.34. The van der Waals surface area contributed by atoms with E-state index < -0.39 is 0 Å². The molecule has 0 aliphatic carbocycles. The average molecular weight is 275 g/mol. The maximum Gasteiger partial charge on any atom is 0.106 e. The highest BCUT2D eigenvalue weighted by atomic mass is 15.1. The molecule has 0 aromatic carbocycles. The van der Waals surface area contributed by atoms with Gasteiger partial charge in [-0.1, -0.05) is 13.8 Å². The number of nitrogens with zero attached hydrogens (tertiary/aromatic N) is 3. The Labute approximate surface area is 120 Å². The molecule has 0 saturated heterocycles. The van der Waals surface area contributed by atoms with Gasteiger partial charge in [0.25, 0.3) is 0 Å². The molecule has 0 spiro atoms. The second-order valence-electron chi connectivity index (χ2n) is 5.39. The van der Waals surface area contributed by atoms with E-state index in [-0.39, 0.29) is 0 Å². The minimum absolute atomic E-state index is 0.843. The van der Waals surface area contributed by atoms with Crippen LogP contribution in [0.4, 0.5) is 0 Å². The van der Waals surface area contributed by atoms with Crippen LogP contribution < -0.4 is 0 Å². The first-order valence-electron chi connectivity index (χ1n) is 7.30. The van der Waals surface area contributed by atoms with Crippen LogP contribution in [0.5, 0.6) is 0 Å². The van der Waals surface area contributed by atoms with E-state index in [4.69, 9.17) is 0 Å². The lowest BCUT2D eigenvalue weighted by atomic mass is 10.3. The molecule has 0 aliphatic rings. The Morgan fingerprint density at radius 2 is 1.25 bits per heavy atom. The van der Waals surface area contributed by atoms with Gasteiger partial charge in [0.2, 0.25) is 0 Å². The van der Waals surface area contributed by atoms with E-state index in [0.717, 1.165) is 49.0 Å². The molecule has 5 nitrogen and oxygen atoms in total. The van der Waals surface area contributed by atoms with Crippen molar-refractivity contribution in [1.29, 1.82) is 0 Å². The number of rotatable bonds is 6. The minimum atomic E-state index is 0.843. The highest BCUT2D eigenvalue weighted by molar-refractivity contribution is 5.15. The first-order valence-corrected chi connectivity index (χ1v) is 7.30. The van der Waals surface area contributed by atoms with Crippen LogP contribution in [-0.2, 0) is 25.9 Å². The molecule has 0 saturated carbocycles. The van der Waals surface area contributed by atoms with Crippen molar-refractivity contribution in [2.24, 2.45) is 0 Å². The quantitative estimate of drug-likeness (QED) is 0.851. The Morgan fingerprint density at radius 3 is 1.55 bits per heavy atom. The lowest BCUT2D eigenvalue weighted by Crippen LogP contribution is -2.19. The number of hydrogen-bond donors (Lipinski definition) is 2. The van der Waals surface area contributed by atoms with Crippen LogP contribution in [0.3, 0.4) is 0 Å². The van der Waals surface area contributed by atoms with Gasteiger partial charge in [-0.25, -0.2) is 9.97 Å². The number of aromatic amines is 2. The zero-order chi connectivity index (χ0) is 14.7. The Hall–Kier alpha value is -1.62. The van der Waals surface area contributed by atoms with Crippen molar-refractivity contribution in [3.63, 3.8) is 0 Å². The Morgan fingerprint density at radius 1 is 0.850 bits per heavy atom. The third kappa shape index (κ3) is 3.28. The topological polar surface area (TPSA) is 60.6 Å². The molecule has 2 N–H and O–H groups in total. The van der Waals surface area contributed by atoms with Crippen LogP contribution in [0.25, 0.3) is 0 Å². The Bertz CT molecular complexity index is 517. The van der Waals surface area contributed by atoms with Crippen LogP contribution >= 0.6 is 0 Å². The lowest BCUT2D eigenvalue weighted by molar-refractivity contribution is 0.310. The third-order valence-electron chi connectivity index (χ3n) is 3.58.